The van der Waals surface area contributed by atoms with E-state index in [0.717, 1.165) is 25.7 Å². The Hall–Kier alpha value is -1.62. The number of ether oxygens (including phenoxy) is 1. The molecule has 0 spiro atoms. The van der Waals surface area contributed by atoms with Gasteiger partial charge in [0.2, 0.25) is 6.41 Å². The van der Waals surface area contributed by atoms with Gasteiger partial charge >= 0.3 is 5.97 Å². The van der Waals surface area contributed by atoms with Crippen molar-refractivity contribution in [2.45, 2.75) is 44.8 Å². The van der Waals surface area contributed by atoms with Crippen molar-refractivity contribution >= 4 is 12.4 Å². The van der Waals surface area contributed by atoms with Crippen molar-refractivity contribution in [3.63, 3.8) is 0 Å². The second-order valence-electron chi connectivity index (χ2n) is 4.65. The highest BCUT2D eigenvalue weighted by Gasteiger charge is 2.26. The molecule has 0 bridgehead atoms. The van der Waals surface area contributed by atoms with Gasteiger partial charge in [-0.1, -0.05) is 18.9 Å². The van der Waals surface area contributed by atoms with Crippen LogP contribution in [0.25, 0.3) is 0 Å². The first-order chi connectivity index (χ1) is 9.10. The number of carbonyl (C=O) groups is 2. The van der Waals surface area contributed by atoms with Gasteiger partial charge in [-0.2, -0.15) is 0 Å². The number of hydrogen-bond acceptors (Lipinski definition) is 4. The van der Waals surface area contributed by atoms with Crippen LogP contribution in [0.5, 0.6) is 0 Å². The van der Waals surface area contributed by atoms with E-state index >= 15 is 0 Å². The van der Waals surface area contributed by atoms with Gasteiger partial charge in [-0.15, -0.1) is 0 Å². The standard InChI is InChI=1S/C14H21NO4/c1-11(14(18)19-2)6-5-9-15(10-16)12-7-3-4-8-13(12)17/h5-6,9-10,12-13,17H,3-4,7-8H2,1-2H3/b9-5-,11-6+. The molecule has 2 atom stereocenters. The summed E-state index contributed by atoms with van der Waals surface area (Å²) in [6, 6.07) is -0.172. The Balaban J connectivity index is 2.66. The second kappa shape index (κ2) is 7.74. The SMILES string of the molecule is COC(=O)/C(C)=C/C=C\N(C=O)C1CCCCC1O. The number of aliphatic hydroxyl groups is 1. The molecule has 1 rings (SSSR count). The summed E-state index contributed by atoms with van der Waals surface area (Å²) in [5, 5.41) is 9.88. The van der Waals surface area contributed by atoms with Crippen LogP contribution in [-0.2, 0) is 14.3 Å². The molecule has 19 heavy (non-hydrogen) atoms. The number of carbonyl (C=O) groups excluding carboxylic acids is 2. The van der Waals surface area contributed by atoms with Crippen LogP contribution in [0.15, 0.2) is 23.9 Å². The van der Waals surface area contributed by atoms with Gasteiger partial charge < -0.3 is 14.7 Å². The number of esters is 1. The van der Waals surface area contributed by atoms with E-state index in [2.05, 4.69) is 4.74 Å². The predicted molar refractivity (Wildman–Crippen MR) is 71.1 cm³/mol. The van der Waals surface area contributed by atoms with E-state index in [4.69, 9.17) is 0 Å². The summed E-state index contributed by atoms with van der Waals surface area (Å²) in [5.41, 5.74) is 0.453. The zero-order valence-electron chi connectivity index (χ0n) is 11.4. The van der Waals surface area contributed by atoms with E-state index in [9.17, 15) is 14.7 Å². The van der Waals surface area contributed by atoms with Crippen LogP contribution in [0, 0.1) is 0 Å². The third-order valence-electron chi connectivity index (χ3n) is 3.31. The Morgan fingerprint density at radius 2 is 2.05 bits per heavy atom. The molecule has 0 aromatic carbocycles. The highest BCUT2D eigenvalue weighted by Crippen LogP contribution is 2.22. The maximum atomic E-state index is 11.2. The molecule has 1 amide bonds. The molecule has 106 valence electrons. The number of hydrogen-bond donors (Lipinski definition) is 1. The van der Waals surface area contributed by atoms with Crippen molar-refractivity contribution in [2.24, 2.45) is 0 Å². The van der Waals surface area contributed by atoms with E-state index < -0.39 is 12.1 Å². The first-order valence-electron chi connectivity index (χ1n) is 6.44. The number of amides is 1. The van der Waals surface area contributed by atoms with Crippen molar-refractivity contribution in [3.8, 4) is 0 Å². The smallest absolute Gasteiger partial charge is 0.333 e. The fourth-order valence-corrected chi connectivity index (χ4v) is 2.18. The van der Waals surface area contributed by atoms with Crippen molar-refractivity contribution in [1.82, 2.24) is 4.90 Å². The van der Waals surface area contributed by atoms with Crippen LogP contribution >= 0.6 is 0 Å². The zero-order valence-corrected chi connectivity index (χ0v) is 11.4. The molecule has 0 saturated heterocycles. The minimum absolute atomic E-state index is 0.172. The molecule has 0 aliphatic heterocycles. The van der Waals surface area contributed by atoms with Crippen LogP contribution in [0.1, 0.15) is 32.6 Å². The van der Waals surface area contributed by atoms with Crippen LogP contribution in [0.2, 0.25) is 0 Å². The lowest BCUT2D eigenvalue weighted by Crippen LogP contribution is -2.41. The molecule has 1 saturated carbocycles. The molecule has 0 aromatic rings. The van der Waals surface area contributed by atoms with E-state index in [0.29, 0.717) is 12.0 Å². The Bertz CT molecular complexity index is 376. The maximum absolute atomic E-state index is 11.2. The Kier molecular flexibility index (Phi) is 6.29. The summed E-state index contributed by atoms with van der Waals surface area (Å²) in [7, 11) is 1.32. The Labute approximate surface area is 113 Å². The number of nitrogens with zero attached hydrogens (tertiary/aromatic N) is 1. The minimum atomic E-state index is -0.478. The third-order valence-corrected chi connectivity index (χ3v) is 3.31. The predicted octanol–water partition coefficient (Wildman–Crippen LogP) is 1.38. The molecular formula is C14H21NO4. The molecular weight excluding hydrogens is 246 g/mol. The molecule has 0 heterocycles. The average Bonchev–Trinajstić information content (AvgIpc) is 2.43. The van der Waals surface area contributed by atoms with Crippen LogP contribution < -0.4 is 0 Å². The fourth-order valence-electron chi connectivity index (χ4n) is 2.18. The van der Waals surface area contributed by atoms with Crippen molar-refractivity contribution < 1.29 is 19.4 Å². The molecule has 1 aliphatic rings. The molecule has 0 aromatic heterocycles. The monoisotopic (exact) mass is 267 g/mol. The lowest BCUT2D eigenvalue weighted by Gasteiger charge is -2.33. The van der Waals surface area contributed by atoms with Gasteiger partial charge in [-0.25, -0.2) is 4.79 Å². The largest absolute Gasteiger partial charge is 0.466 e. The molecule has 2 unspecified atom stereocenters. The maximum Gasteiger partial charge on any atom is 0.333 e. The van der Waals surface area contributed by atoms with E-state index in [1.807, 2.05) is 0 Å². The zero-order chi connectivity index (χ0) is 14.3. The molecule has 1 N–H and O–H groups in total. The highest BCUT2D eigenvalue weighted by molar-refractivity contribution is 5.87. The molecule has 1 fully saturated rings. The fraction of sp³-hybridized carbons (Fsp3) is 0.571. The Morgan fingerprint density at radius 1 is 1.37 bits per heavy atom. The second-order valence-corrected chi connectivity index (χ2v) is 4.65. The average molecular weight is 267 g/mol. The van der Waals surface area contributed by atoms with E-state index in [1.165, 1.54) is 12.0 Å². The first kappa shape index (κ1) is 15.4. The molecule has 5 nitrogen and oxygen atoms in total. The van der Waals surface area contributed by atoms with E-state index in [-0.39, 0.29) is 6.04 Å². The number of rotatable bonds is 5. The van der Waals surface area contributed by atoms with Crippen molar-refractivity contribution in [3.05, 3.63) is 23.9 Å². The summed E-state index contributed by atoms with van der Waals surface area (Å²) in [4.78, 5) is 23.7. The third kappa shape index (κ3) is 4.52. The van der Waals surface area contributed by atoms with Gasteiger partial charge in [0.1, 0.15) is 0 Å². The van der Waals surface area contributed by atoms with Crippen LogP contribution in [0.3, 0.4) is 0 Å². The normalized spacial score (nSPS) is 24.3. The minimum Gasteiger partial charge on any atom is -0.466 e. The van der Waals surface area contributed by atoms with Crippen molar-refractivity contribution in [2.75, 3.05) is 7.11 Å². The lowest BCUT2D eigenvalue weighted by molar-refractivity contribution is -0.136. The summed E-state index contributed by atoms with van der Waals surface area (Å²) in [6.07, 6.45) is 8.53. The molecule has 5 heteroatoms. The quantitative estimate of drug-likeness (QED) is 0.354. The summed E-state index contributed by atoms with van der Waals surface area (Å²) < 4.78 is 4.56. The number of methoxy groups -OCH3 is 1. The van der Waals surface area contributed by atoms with Gasteiger partial charge in [0.15, 0.2) is 0 Å². The van der Waals surface area contributed by atoms with Gasteiger partial charge in [0.05, 0.1) is 19.3 Å². The summed E-state index contributed by atoms with van der Waals surface area (Å²) in [5.74, 6) is -0.403. The molecule has 0 radical (unpaired) electrons. The number of allylic oxidation sites excluding steroid dienone is 2. The van der Waals surface area contributed by atoms with Gasteiger partial charge in [0.25, 0.3) is 0 Å². The summed E-state index contributed by atoms with van der Waals surface area (Å²) in [6.45, 7) is 1.64. The molecule has 1 aliphatic carbocycles. The van der Waals surface area contributed by atoms with Crippen molar-refractivity contribution in [1.29, 1.82) is 0 Å². The van der Waals surface area contributed by atoms with Gasteiger partial charge in [0, 0.05) is 11.8 Å². The van der Waals surface area contributed by atoms with Crippen LogP contribution in [-0.4, -0.2) is 41.6 Å². The summed E-state index contributed by atoms with van der Waals surface area (Å²) >= 11 is 0. The van der Waals surface area contributed by atoms with Crippen LogP contribution in [0.4, 0.5) is 0 Å². The highest BCUT2D eigenvalue weighted by atomic mass is 16.5. The van der Waals surface area contributed by atoms with E-state index in [1.54, 1.807) is 25.3 Å². The lowest BCUT2D eigenvalue weighted by atomic mass is 9.92. The van der Waals surface area contributed by atoms with Gasteiger partial charge in [-0.05, 0) is 25.8 Å². The number of aliphatic hydroxyl groups excluding tert-OH is 1. The van der Waals surface area contributed by atoms with Gasteiger partial charge in [-0.3, -0.25) is 4.79 Å². The Morgan fingerprint density at radius 3 is 2.63 bits per heavy atom. The first-order valence-corrected chi connectivity index (χ1v) is 6.44. The topological polar surface area (TPSA) is 66.8 Å².